The molecule has 1 aromatic carbocycles. The van der Waals surface area contributed by atoms with E-state index in [2.05, 4.69) is 0 Å². The van der Waals surface area contributed by atoms with Crippen LogP contribution in [0.25, 0.3) is 0 Å². The van der Waals surface area contributed by atoms with Crippen molar-refractivity contribution < 1.29 is 14.3 Å². The normalized spacial score (nSPS) is 12.4. The summed E-state index contributed by atoms with van der Waals surface area (Å²) in [6, 6.07) is 4.03. The van der Waals surface area contributed by atoms with E-state index in [0.717, 1.165) is 12.8 Å². The molecule has 0 bridgehead atoms. The molecule has 0 heterocycles. The molecule has 3 nitrogen and oxygen atoms in total. The number of halogens is 2. The van der Waals surface area contributed by atoms with Gasteiger partial charge >= 0.3 is 5.97 Å². The van der Waals surface area contributed by atoms with E-state index >= 15 is 0 Å². The van der Waals surface area contributed by atoms with Crippen LogP contribution in [0.4, 0.5) is 4.39 Å². The van der Waals surface area contributed by atoms with Gasteiger partial charge in [-0.1, -0.05) is 24.1 Å². The molecular formula is C13H17ClFNO2. The monoisotopic (exact) mass is 273 g/mol. The van der Waals surface area contributed by atoms with Crippen molar-refractivity contribution in [1.82, 2.24) is 0 Å². The number of carboxylic acids is 1. The van der Waals surface area contributed by atoms with E-state index in [9.17, 15) is 9.18 Å². The Balaban J connectivity index is 2.67. The minimum atomic E-state index is -0.854. The first-order chi connectivity index (χ1) is 8.54. The third-order valence-electron chi connectivity index (χ3n) is 2.84. The Kier molecular flexibility index (Phi) is 6.09. The Hall–Kier alpha value is -1.13. The van der Waals surface area contributed by atoms with Gasteiger partial charge in [0, 0.05) is 5.02 Å². The number of rotatable bonds is 7. The maximum Gasteiger partial charge on any atom is 0.306 e. The largest absolute Gasteiger partial charge is 0.481 e. The van der Waals surface area contributed by atoms with Gasteiger partial charge in [-0.15, -0.1) is 0 Å². The Bertz CT molecular complexity index is 412. The maximum absolute atomic E-state index is 12.9. The number of carbonyl (C=O) groups is 1. The summed E-state index contributed by atoms with van der Waals surface area (Å²) >= 11 is 5.89. The Morgan fingerprint density at radius 1 is 1.44 bits per heavy atom. The van der Waals surface area contributed by atoms with Crippen molar-refractivity contribution >= 4 is 17.6 Å². The van der Waals surface area contributed by atoms with E-state index in [4.69, 9.17) is 22.4 Å². The number of unbranched alkanes of at least 4 members (excludes halogenated alkanes) is 1. The molecule has 0 aliphatic rings. The molecule has 1 atom stereocenters. The maximum atomic E-state index is 12.9. The van der Waals surface area contributed by atoms with Crippen molar-refractivity contribution in [2.24, 2.45) is 11.7 Å². The van der Waals surface area contributed by atoms with Crippen LogP contribution in [0.15, 0.2) is 18.2 Å². The Morgan fingerprint density at radius 2 is 2.17 bits per heavy atom. The summed E-state index contributed by atoms with van der Waals surface area (Å²) in [4.78, 5) is 11.1. The molecule has 0 aliphatic heterocycles. The lowest BCUT2D eigenvalue weighted by Gasteiger charge is -2.13. The van der Waals surface area contributed by atoms with Crippen LogP contribution in [0.5, 0.6) is 0 Å². The predicted octanol–water partition coefficient (Wildman–Crippen LogP) is 2.85. The Labute approximate surface area is 111 Å². The fourth-order valence-electron chi connectivity index (χ4n) is 1.80. The van der Waals surface area contributed by atoms with Crippen molar-refractivity contribution in [2.75, 3.05) is 6.54 Å². The van der Waals surface area contributed by atoms with Gasteiger partial charge in [0.15, 0.2) is 0 Å². The van der Waals surface area contributed by atoms with Gasteiger partial charge in [0.25, 0.3) is 0 Å². The van der Waals surface area contributed by atoms with Crippen LogP contribution in [-0.4, -0.2) is 17.6 Å². The van der Waals surface area contributed by atoms with Crippen LogP contribution in [0.2, 0.25) is 5.02 Å². The summed E-state index contributed by atoms with van der Waals surface area (Å²) in [5.41, 5.74) is 6.04. The van der Waals surface area contributed by atoms with Gasteiger partial charge in [0.2, 0.25) is 0 Å². The Morgan fingerprint density at radius 3 is 2.72 bits per heavy atom. The minimum absolute atomic E-state index is 0.278. The van der Waals surface area contributed by atoms with Crippen molar-refractivity contribution in [2.45, 2.75) is 25.7 Å². The second kappa shape index (κ2) is 7.34. The molecule has 1 aromatic rings. The molecule has 0 fully saturated rings. The van der Waals surface area contributed by atoms with E-state index in [1.807, 2.05) is 0 Å². The van der Waals surface area contributed by atoms with Gasteiger partial charge in [-0.25, -0.2) is 4.39 Å². The van der Waals surface area contributed by atoms with Gasteiger partial charge in [-0.05, 0) is 43.5 Å². The topological polar surface area (TPSA) is 63.3 Å². The van der Waals surface area contributed by atoms with E-state index in [-0.39, 0.29) is 5.02 Å². The first-order valence-corrected chi connectivity index (χ1v) is 6.29. The zero-order valence-electron chi connectivity index (χ0n) is 10.0. The van der Waals surface area contributed by atoms with Gasteiger partial charge < -0.3 is 10.8 Å². The average Bonchev–Trinajstić information content (AvgIpc) is 2.30. The first-order valence-electron chi connectivity index (χ1n) is 5.91. The lowest BCUT2D eigenvalue weighted by Crippen LogP contribution is -2.17. The number of aliphatic carboxylic acids is 1. The van der Waals surface area contributed by atoms with E-state index < -0.39 is 17.7 Å². The van der Waals surface area contributed by atoms with E-state index in [0.29, 0.717) is 24.9 Å². The van der Waals surface area contributed by atoms with Crippen LogP contribution < -0.4 is 5.73 Å². The van der Waals surface area contributed by atoms with Crippen LogP contribution >= 0.6 is 11.6 Å². The number of carboxylic acid groups (broad SMARTS) is 1. The highest BCUT2D eigenvalue weighted by Crippen LogP contribution is 2.23. The highest BCUT2D eigenvalue weighted by molar-refractivity contribution is 6.31. The van der Waals surface area contributed by atoms with Crippen molar-refractivity contribution in [1.29, 1.82) is 0 Å². The molecule has 0 aliphatic carbocycles. The molecule has 0 radical (unpaired) electrons. The molecule has 3 N–H and O–H groups in total. The molecule has 18 heavy (non-hydrogen) atoms. The SMILES string of the molecule is NCCCCC(Cc1ccc(F)cc1Cl)C(=O)O. The molecule has 5 heteroatoms. The van der Waals surface area contributed by atoms with Crippen LogP contribution in [0.3, 0.4) is 0 Å². The van der Waals surface area contributed by atoms with E-state index in [1.165, 1.54) is 18.2 Å². The molecule has 1 unspecified atom stereocenters. The highest BCUT2D eigenvalue weighted by atomic mass is 35.5. The third-order valence-corrected chi connectivity index (χ3v) is 3.19. The molecule has 100 valence electrons. The summed E-state index contributed by atoms with van der Waals surface area (Å²) in [5.74, 6) is -1.77. The van der Waals surface area contributed by atoms with Gasteiger partial charge in [-0.2, -0.15) is 0 Å². The molecule has 0 saturated carbocycles. The molecule has 0 amide bonds. The van der Waals surface area contributed by atoms with Gasteiger partial charge in [0.1, 0.15) is 5.82 Å². The summed E-state index contributed by atoms with van der Waals surface area (Å²) in [6.45, 7) is 0.559. The number of nitrogens with two attached hydrogens (primary N) is 1. The predicted molar refractivity (Wildman–Crippen MR) is 69.1 cm³/mol. The number of hydrogen-bond acceptors (Lipinski definition) is 2. The van der Waals surface area contributed by atoms with Gasteiger partial charge in [-0.3, -0.25) is 4.79 Å². The summed E-state index contributed by atoms with van der Waals surface area (Å²) in [6.07, 6.45) is 2.45. The third kappa shape index (κ3) is 4.63. The molecule has 0 saturated heterocycles. The van der Waals surface area contributed by atoms with Crippen molar-refractivity contribution in [3.8, 4) is 0 Å². The lowest BCUT2D eigenvalue weighted by molar-refractivity contribution is -0.142. The number of hydrogen-bond donors (Lipinski definition) is 2. The van der Waals surface area contributed by atoms with Crippen molar-refractivity contribution in [3.63, 3.8) is 0 Å². The second-order valence-electron chi connectivity index (χ2n) is 4.26. The summed E-state index contributed by atoms with van der Waals surface area (Å²) < 4.78 is 12.9. The second-order valence-corrected chi connectivity index (χ2v) is 4.67. The number of benzene rings is 1. The molecule has 1 rings (SSSR count). The highest BCUT2D eigenvalue weighted by Gasteiger charge is 2.18. The average molecular weight is 274 g/mol. The standard InChI is InChI=1S/C13H17ClFNO2/c14-12-8-11(15)5-4-9(12)7-10(13(17)18)3-1-2-6-16/h4-5,8,10H,1-3,6-7,16H2,(H,17,18). The smallest absolute Gasteiger partial charge is 0.306 e. The fourth-order valence-corrected chi connectivity index (χ4v) is 2.04. The molecule has 0 aromatic heterocycles. The van der Waals surface area contributed by atoms with Gasteiger partial charge in [0.05, 0.1) is 5.92 Å². The minimum Gasteiger partial charge on any atom is -0.481 e. The first kappa shape index (κ1) is 14.9. The summed E-state index contributed by atoms with van der Waals surface area (Å²) in [5, 5.41) is 9.41. The quantitative estimate of drug-likeness (QED) is 0.751. The van der Waals surface area contributed by atoms with Crippen molar-refractivity contribution in [3.05, 3.63) is 34.6 Å². The van der Waals surface area contributed by atoms with Crippen LogP contribution in [0.1, 0.15) is 24.8 Å². The molecular weight excluding hydrogens is 257 g/mol. The zero-order valence-corrected chi connectivity index (χ0v) is 10.8. The fraction of sp³-hybridized carbons (Fsp3) is 0.462. The zero-order chi connectivity index (χ0) is 13.5. The summed E-state index contributed by atoms with van der Waals surface area (Å²) in [7, 11) is 0. The molecule has 0 spiro atoms. The van der Waals surface area contributed by atoms with E-state index in [1.54, 1.807) is 0 Å². The lowest BCUT2D eigenvalue weighted by atomic mass is 9.94. The van der Waals surface area contributed by atoms with Crippen LogP contribution in [0, 0.1) is 11.7 Å². The van der Waals surface area contributed by atoms with Crippen LogP contribution in [-0.2, 0) is 11.2 Å².